The minimum Gasteiger partial charge on any atom is -0.466 e. The number of carbonyl (C=O) groups excluding carboxylic acids is 2. The topological polar surface area (TPSA) is 80.2 Å². The molecule has 0 amide bonds. The normalized spacial score (nSPS) is 13.1. The van der Waals surface area contributed by atoms with Crippen LogP contribution in [-0.2, 0) is 19.1 Å². The van der Waals surface area contributed by atoms with E-state index < -0.39 is 0 Å². The minimum absolute atomic E-state index is 0.0138. The summed E-state index contributed by atoms with van der Waals surface area (Å²) >= 11 is 0. The number of allylic oxidation sites excluding steroid dienone is 1. The SMILES string of the molecule is CCCCCCCCCOC(=O)CCCCCCCN(CCCCCCCC(=O)OC(CCCCCCCC)CCCCCCCC)CCCN=CN/C=C\C1CC1. The van der Waals surface area contributed by atoms with Crippen LogP contribution >= 0.6 is 0 Å². The van der Waals surface area contributed by atoms with Crippen LogP contribution in [0.15, 0.2) is 17.3 Å². The third-order valence-corrected chi connectivity index (χ3v) is 11.8. The summed E-state index contributed by atoms with van der Waals surface area (Å²) in [6, 6.07) is 0. The van der Waals surface area contributed by atoms with Crippen molar-refractivity contribution in [2.24, 2.45) is 10.9 Å². The van der Waals surface area contributed by atoms with Gasteiger partial charge in [-0.25, -0.2) is 0 Å². The molecule has 0 saturated heterocycles. The number of aliphatic imine (C=N–C) groups is 1. The quantitative estimate of drug-likeness (QED) is 0.0285. The molecule has 0 bridgehead atoms. The number of hydrogen-bond donors (Lipinski definition) is 1. The second-order valence-corrected chi connectivity index (χ2v) is 17.7. The Balaban J connectivity index is 2.28. The molecule has 0 aliphatic heterocycles. The molecule has 1 aliphatic carbocycles. The number of hydrogen-bond acceptors (Lipinski definition) is 6. The number of nitrogens with one attached hydrogen (secondary N) is 1. The number of carbonyl (C=O) groups is 2. The van der Waals surface area contributed by atoms with Crippen molar-refractivity contribution in [3.63, 3.8) is 0 Å². The Hall–Kier alpha value is -1.89. The number of ether oxygens (including phenoxy) is 2. The largest absolute Gasteiger partial charge is 0.466 e. The molecule has 1 aliphatic rings. The first kappa shape index (κ1) is 54.1. The molecule has 0 aromatic heterocycles. The van der Waals surface area contributed by atoms with E-state index in [1.54, 1.807) is 0 Å². The monoisotopic (exact) mass is 816 g/mol. The van der Waals surface area contributed by atoms with Crippen LogP contribution < -0.4 is 5.32 Å². The van der Waals surface area contributed by atoms with Crippen LogP contribution in [0.5, 0.6) is 0 Å². The highest BCUT2D eigenvalue weighted by Gasteiger charge is 2.17. The van der Waals surface area contributed by atoms with E-state index in [2.05, 4.69) is 42.1 Å². The van der Waals surface area contributed by atoms with Gasteiger partial charge < -0.3 is 19.7 Å². The smallest absolute Gasteiger partial charge is 0.306 e. The van der Waals surface area contributed by atoms with Crippen LogP contribution in [0.3, 0.4) is 0 Å². The van der Waals surface area contributed by atoms with Gasteiger partial charge in [0.05, 0.1) is 12.9 Å². The second kappa shape index (κ2) is 43.2. The van der Waals surface area contributed by atoms with E-state index in [0.717, 1.165) is 83.5 Å². The highest BCUT2D eigenvalue weighted by molar-refractivity contribution is 5.69. The van der Waals surface area contributed by atoms with E-state index in [1.807, 2.05) is 12.5 Å². The van der Waals surface area contributed by atoms with E-state index in [9.17, 15) is 9.59 Å². The Morgan fingerprint density at radius 3 is 1.55 bits per heavy atom. The molecule has 58 heavy (non-hydrogen) atoms. The van der Waals surface area contributed by atoms with Gasteiger partial charge in [0.15, 0.2) is 0 Å². The first-order valence-electron chi connectivity index (χ1n) is 25.6. The summed E-state index contributed by atoms with van der Waals surface area (Å²) in [5.74, 6) is 0.799. The van der Waals surface area contributed by atoms with Crippen LogP contribution in [0.25, 0.3) is 0 Å². The number of rotatable bonds is 46. The van der Waals surface area contributed by atoms with Gasteiger partial charge in [0.1, 0.15) is 6.10 Å². The predicted octanol–water partition coefficient (Wildman–Crippen LogP) is 14.6. The third-order valence-electron chi connectivity index (χ3n) is 11.8. The summed E-state index contributed by atoms with van der Waals surface area (Å²) in [6.45, 7) is 11.6. The predicted molar refractivity (Wildman–Crippen MR) is 250 cm³/mol. The van der Waals surface area contributed by atoms with Gasteiger partial charge in [0, 0.05) is 19.4 Å². The van der Waals surface area contributed by atoms with Crippen molar-refractivity contribution < 1.29 is 19.1 Å². The van der Waals surface area contributed by atoms with Gasteiger partial charge in [-0.15, -0.1) is 0 Å². The van der Waals surface area contributed by atoms with Gasteiger partial charge in [-0.1, -0.05) is 168 Å². The molecule has 0 spiro atoms. The molecule has 0 heterocycles. The molecule has 0 aromatic carbocycles. The van der Waals surface area contributed by atoms with Crippen molar-refractivity contribution >= 4 is 18.3 Å². The molecule has 0 unspecified atom stereocenters. The van der Waals surface area contributed by atoms with Crippen LogP contribution in [0, 0.1) is 5.92 Å². The zero-order valence-corrected chi connectivity index (χ0v) is 38.9. The van der Waals surface area contributed by atoms with Crippen molar-refractivity contribution in [1.82, 2.24) is 10.2 Å². The molecule has 340 valence electrons. The van der Waals surface area contributed by atoms with Gasteiger partial charge >= 0.3 is 11.9 Å². The molecule has 1 fully saturated rings. The molecular weight excluding hydrogens is 719 g/mol. The standard InChI is InChI=1S/C51H97N3O4/c1-4-7-10-13-16-25-32-46-57-50(55)36-28-21-17-23-30-43-54(45-33-41-52-47-53-42-40-48-38-39-48)44-31-24-18-22-29-37-51(56)58-49(34-26-19-14-11-8-5-2)35-27-20-15-12-9-6-3/h40,42,47-49H,4-39,41,43-46H2,1-3H3,(H,52,53)/b42-40-. The fraction of sp³-hybridized carbons (Fsp3) is 0.902. The first-order chi connectivity index (χ1) is 28.6. The molecule has 7 nitrogen and oxygen atoms in total. The molecule has 7 heteroatoms. The Bertz CT molecular complexity index is 936. The Kier molecular flexibility index (Phi) is 40.3. The average Bonchev–Trinajstić information content (AvgIpc) is 4.05. The van der Waals surface area contributed by atoms with Crippen molar-refractivity contribution in [2.75, 3.05) is 32.8 Å². The summed E-state index contributed by atoms with van der Waals surface area (Å²) in [5, 5.41) is 3.20. The van der Waals surface area contributed by atoms with Gasteiger partial charge in [0.25, 0.3) is 0 Å². The van der Waals surface area contributed by atoms with Crippen molar-refractivity contribution in [2.45, 2.75) is 258 Å². The Morgan fingerprint density at radius 1 is 0.569 bits per heavy atom. The lowest BCUT2D eigenvalue weighted by Crippen LogP contribution is -2.27. The summed E-state index contributed by atoms with van der Waals surface area (Å²) in [4.78, 5) is 32.2. The highest BCUT2D eigenvalue weighted by Crippen LogP contribution is 2.29. The highest BCUT2D eigenvalue weighted by atomic mass is 16.5. The molecular formula is C51H97N3O4. The van der Waals surface area contributed by atoms with Crippen LogP contribution in [0.2, 0.25) is 0 Å². The Labute approximate surface area is 360 Å². The zero-order valence-electron chi connectivity index (χ0n) is 38.9. The lowest BCUT2D eigenvalue weighted by molar-refractivity contribution is -0.150. The summed E-state index contributed by atoms with van der Waals surface area (Å²) < 4.78 is 11.6. The van der Waals surface area contributed by atoms with Crippen LogP contribution in [-0.4, -0.2) is 62.1 Å². The molecule has 1 saturated carbocycles. The maximum absolute atomic E-state index is 12.8. The lowest BCUT2D eigenvalue weighted by Gasteiger charge is -2.22. The fourth-order valence-electron chi connectivity index (χ4n) is 7.76. The van der Waals surface area contributed by atoms with Crippen LogP contribution in [0.1, 0.15) is 252 Å². The number of nitrogens with zero attached hydrogens (tertiary/aromatic N) is 2. The van der Waals surface area contributed by atoms with E-state index in [1.165, 1.54) is 167 Å². The molecule has 1 N–H and O–H groups in total. The van der Waals surface area contributed by atoms with Gasteiger partial charge in [-0.05, 0) is 109 Å². The summed E-state index contributed by atoms with van der Waals surface area (Å²) in [5.41, 5.74) is 0. The van der Waals surface area contributed by atoms with E-state index in [-0.39, 0.29) is 18.0 Å². The van der Waals surface area contributed by atoms with E-state index in [4.69, 9.17) is 9.47 Å². The first-order valence-corrected chi connectivity index (χ1v) is 25.6. The van der Waals surface area contributed by atoms with Crippen molar-refractivity contribution in [1.29, 1.82) is 0 Å². The molecule has 0 aromatic rings. The molecule has 1 rings (SSSR count). The van der Waals surface area contributed by atoms with E-state index >= 15 is 0 Å². The average molecular weight is 816 g/mol. The molecule has 0 radical (unpaired) electrons. The number of esters is 2. The third kappa shape index (κ3) is 39.6. The number of unbranched alkanes of at least 4 members (excludes halogenated alkanes) is 24. The summed E-state index contributed by atoms with van der Waals surface area (Å²) in [6.07, 6.45) is 48.7. The van der Waals surface area contributed by atoms with Crippen LogP contribution in [0.4, 0.5) is 0 Å². The van der Waals surface area contributed by atoms with Crippen molar-refractivity contribution in [3.05, 3.63) is 12.3 Å². The van der Waals surface area contributed by atoms with Gasteiger partial charge in [0.2, 0.25) is 0 Å². The fourth-order valence-corrected chi connectivity index (χ4v) is 7.76. The maximum atomic E-state index is 12.8. The van der Waals surface area contributed by atoms with Gasteiger partial charge in [-0.2, -0.15) is 0 Å². The lowest BCUT2D eigenvalue weighted by atomic mass is 10.0. The van der Waals surface area contributed by atoms with Crippen molar-refractivity contribution in [3.8, 4) is 0 Å². The summed E-state index contributed by atoms with van der Waals surface area (Å²) in [7, 11) is 0. The second-order valence-electron chi connectivity index (χ2n) is 17.7. The van der Waals surface area contributed by atoms with E-state index in [0.29, 0.717) is 19.4 Å². The van der Waals surface area contributed by atoms with Gasteiger partial charge in [-0.3, -0.25) is 14.6 Å². The maximum Gasteiger partial charge on any atom is 0.306 e. The Morgan fingerprint density at radius 2 is 1.02 bits per heavy atom. The minimum atomic E-state index is -0.0138. The molecule has 0 atom stereocenters. The zero-order chi connectivity index (χ0) is 41.8.